The van der Waals surface area contributed by atoms with Crippen LogP contribution >= 0.6 is 11.8 Å². The molecular formula is C21H25N5O3S. The van der Waals surface area contributed by atoms with E-state index in [4.69, 9.17) is 10.2 Å². The average molecular weight is 428 g/mol. The molecule has 0 spiro atoms. The van der Waals surface area contributed by atoms with E-state index in [1.807, 2.05) is 49.6 Å². The van der Waals surface area contributed by atoms with Crippen LogP contribution in [0.4, 0.5) is 5.69 Å². The lowest BCUT2D eigenvalue weighted by atomic mass is 10.1. The standard InChI is InChI=1S/C21H25N5O3S/c1-13-6-7-17(14(2)11-13)23-20(28)15(3)30-21-25-24-19(9-8-18(22)27)26(21)12-16-5-4-10-29-16/h4-7,10-11,15H,8-9,12H2,1-3H3,(H2,22,27)(H,23,28). The van der Waals surface area contributed by atoms with E-state index in [-0.39, 0.29) is 12.3 Å². The minimum atomic E-state index is -0.408. The predicted octanol–water partition coefficient (Wildman–Crippen LogP) is 3.07. The molecule has 8 nitrogen and oxygen atoms in total. The zero-order chi connectivity index (χ0) is 21.7. The molecule has 2 aromatic heterocycles. The van der Waals surface area contributed by atoms with Gasteiger partial charge in [0.1, 0.15) is 11.6 Å². The van der Waals surface area contributed by atoms with Gasteiger partial charge in [0.2, 0.25) is 11.8 Å². The van der Waals surface area contributed by atoms with Gasteiger partial charge in [0.05, 0.1) is 18.1 Å². The number of anilines is 1. The molecule has 0 saturated carbocycles. The fraction of sp³-hybridized carbons (Fsp3) is 0.333. The highest BCUT2D eigenvalue weighted by Gasteiger charge is 2.21. The number of aromatic nitrogens is 3. The van der Waals surface area contributed by atoms with Crippen LogP contribution in [0, 0.1) is 13.8 Å². The first-order valence-electron chi connectivity index (χ1n) is 9.61. The summed E-state index contributed by atoms with van der Waals surface area (Å²) in [5.41, 5.74) is 8.22. The number of nitrogens with one attached hydrogen (secondary N) is 1. The molecule has 0 aliphatic heterocycles. The van der Waals surface area contributed by atoms with E-state index >= 15 is 0 Å². The van der Waals surface area contributed by atoms with Crippen LogP contribution in [0.5, 0.6) is 0 Å². The molecule has 9 heteroatoms. The fourth-order valence-corrected chi connectivity index (χ4v) is 3.81. The molecule has 2 heterocycles. The van der Waals surface area contributed by atoms with Crippen LogP contribution in [-0.4, -0.2) is 31.8 Å². The Morgan fingerprint density at radius 1 is 1.27 bits per heavy atom. The maximum Gasteiger partial charge on any atom is 0.237 e. The van der Waals surface area contributed by atoms with Crippen molar-refractivity contribution in [2.24, 2.45) is 5.73 Å². The van der Waals surface area contributed by atoms with Gasteiger partial charge in [-0.1, -0.05) is 29.5 Å². The third-order valence-electron chi connectivity index (χ3n) is 4.57. The lowest BCUT2D eigenvalue weighted by Gasteiger charge is -2.14. The van der Waals surface area contributed by atoms with Crippen LogP contribution < -0.4 is 11.1 Å². The molecule has 2 amide bonds. The summed E-state index contributed by atoms with van der Waals surface area (Å²) in [6, 6.07) is 9.54. The third kappa shape index (κ3) is 5.50. The highest BCUT2D eigenvalue weighted by molar-refractivity contribution is 8.00. The molecule has 0 aliphatic rings. The van der Waals surface area contributed by atoms with Crippen molar-refractivity contribution in [1.29, 1.82) is 0 Å². The quantitative estimate of drug-likeness (QED) is 0.507. The molecule has 1 aromatic carbocycles. The molecule has 0 radical (unpaired) electrons. The SMILES string of the molecule is Cc1ccc(NC(=O)C(C)Sc2nnc(CCC(N)=O)n2Cc2ccco2)c(C)c1. The molecule has 3 N–H and O–H groups in total. The van der Waals surface area contributed by atoms with Crippen molar-refractivity contribution in [3.63, 3.8) is 0 Å². The maximum absolute atomic E-state index is 12.7. The van der Waals surface area contributed by atoms with Crippen LogP contribution in [-0.2, 0) is 22.6 Å². The minimum absolute atomic E-state index is 0.127. The Kier molecular flexibility index (Phi) is 6.94. The number of amides is 2. The van der Waals surface area contributed by atoms with Gasteiger partial charge in [-0.05, 0) is 44.5 Å². The Bertz CT molecular complexity index is 1030. The molecule has 0 saturated heterocycles. The van der Waals surface area contributed by atoms with Crippen molar-refractivity contribution in [3.05, 3.63) is 59.3 Å². The number of nitrogens with zero attached hydrogens (tertiary/aromatic N) is 3. The summed E-state index contributed by atoms with van der Waals surface area (Å²) in [4.78, 5) is 23.9. The summed E-state index contributed by atoms with van der Waals surface area (Å²) in [5.74, 6) is 0.815. The predicted molar refractivity (Wildman–Crippen MR) is 115 cm³/mol. The first kappa shape index (κ1) is 21.6. The van der Waals surface area contributed by atoms with E-state index in [9.17, 15) is 9.59 Å². The first-order valence-corrected chi connectivity index (χ1v) is 10.5. The maximum atomic E-state index is 12.7. The number of nitrogens with two attached hydrogens (primary N) is 1. The van der Waals surface area contributed by atoms with Crippen LogP contribution in [0.25, 0.3) is 0 Å². The van der Waals surface area contributed by atoms with Crippen molar-refractivity contribution in [1.82, 2.24) is 14.8 Å². The lowest BCUT2D eigenvalue weighted by Crippen LogP contribution is -2.23. The number of furan rings is 1. The minimum Gasteiger partial charge on any atom is -0.467 e. The normalized spacial score (nSPS) is 12.0. The Balaban J connectivity index is 1.75. The average Bonchev–Trinajstić information content (AvgIpc) is 3.33. The van der Waals surface area contributed by atoms with Gasteiger partial charge in [-0.3, -0.25) is 14.2 Å². The number of aryl methyl sites for hydroxylation is 3. The molecule has 1 atom stereocenters. The third-order valence-corrected chi connectivity index (χ3v) is 5.65. The highest BCUT2D eigenvalue weighted by atomic mass is 32.2. The van der Waals surface area contributed by atoms with Gasteiger partial charge in [0, 0.05) is 18.5 Å². The van der Waals surface area contributed by atoms with Gasteiger partial charge in [-0.25, -0.2) is 0 Å². The number of primary amides is 1. The van der Waals surface area contributed by atoms with Gasteiger partial charge in [-0.2, -0.15) is 0 Å². The monoisotopic (exact) mass is 427 g/mol. The Morgan fingerprint density at radius 2 is 2.07 bits per heavy atom. The zero-order valence-electron chi connectivity index (χ0n) is 17.2. The number of benzene rings is 1. The Hall–Kier alpha value is -3.07. The summed E-state index contributed by atoms with van der Waals surface area (Å²) >= 11 is 1.30. The van der Waals surface area contributed by atoms with Gasteiger partial charge < -0.3 is 15.5 Å². The second kappa shape index (κ2) is 9.62. The van der Waals surface area contributed by atoms with E-state index in [2.05, 4.69) is 15.5 Å². The van der Waals surface area contributed by atoms with E-state index in [0.717, 1.165) is 22.6 Å². The second-order valence-electron chi connectivity index (χ2n) is 7.10. The van der Waals surface area contributed by atoms with Crippen molar-refractivity contribution in [2.45, 2.75) is 50.6 Å². The molecular weight excluding hydrogens is 402 g/mol. The van der Waals surface area contributed by atoms with Crippen LogP contribution in [0.15, 0.2) is 46.2 Å². The van der Waals surface area contributed by atoms with Crippen molar-refractivity contribution < 1.29 is 14.0 Å². The summed E-state index contributed by atoms with van der Waals surface area (Å²) in [5, 5.41) is 11.6. The number of thioether (sulfide) groups is 1. The summed E-state index contributed by atoms with van der Waals surface area (Å²) < 4.78 is 7.29. The molecule has 0 bridgehead atoms. The number of hydrogen-bond donors (Lipinski definition) is 2. The molecule has 0 aliphatic carbocycles. The Morgan fingerprint density at radius 3 is 2.73 bits per heavy atom. The van der Waals surface area contributed by atoms with Gasteiger partial charge >= 0.3 is 0 Å². The summed E-state index contributed by atoms with van der Waals surface area (Å²) in [6.07, 6.45) is 2.13. The van der Waals surface area contributed by atoms with E-state index in [1.165, 1.54) is 11.8 Å². The molecule has 3 aromatic rings. The fourth-order valence-electron chi connectivity index (χ4n) is 2.94. The van der Waals surface area contributed by atoms with Crippen LogP contribution in [0.3, 0.4) is 0 Å². The topological polar surface area (TPSA) is 116 Å². The smallest absolute Gasteiger partial charge is 0.237 e. The van der Waals surface area contributed by atoms with Crippen molar-refractivity contribution in [3.8, 4) is 0 Å². The van der Waals surface area contributed by atoms with Gasteiger partial charge in [0.25, 0.3) is 0 Å². The molecule has 0 fully saturated rings. The van der Waals surface area contributed by atoms with Crippen LogP contribution in [0.1, 0.15) is 36.1 Å². The first-order chi connectivity index (χ1) is 14.3. The van der Waals surface area contributed by atoms with Crippen molar-refractivity contribution in [2.75, 3.05) is 5.32 Å². The summed E-state index contributed by atoms with van der Waals surface area (Å²) in [7, 11) is 0. The van der Waals surface area contributed by atoms with Gasteiger partial charge in [-0.15, -0.1) is 10.2 Å². The van der Waals surface area contributed by atoms with E-state index < -0.39 is 11.2 Å². The molecule has 3 rings (SSSR count). The van der Waals surface area contributed by atoms with E-state index in [1.54, 1.807) is 12.3 Å². The number of carbonyl (C=O) groups excluding carboxylic acids is 2. The highest BCUT2D eigenvalue weighted by Crippen LogP contribution is 2.26. The number of carbonyl (C=O) groups is 2. The van der Waals surface area contributed by atoms with Crippen molar-refractivity contribution >= 4 is 29.3 Å². The number of rotatable bonds is 9. The molecule has 1 unspecified atom stereocenters. The second-order valence-corrected chi connectivity index (χ2v) is 8.41. The number of hydrogen-bond acceptors (Lipinski definition) is 6. The van der Waals surface area contributed by atoms with Gasteiger partial charge in [0.15, 0.2) is 5.16 Å². The van der Waals surface area contributed by atoms with Crippen LogP contribution in [0.2, 0.25) is 0 Å². The lowest BCUT2D eigenvalue weighted by molar-refractivity contribution is -0.118. The largest absolute Gasteiger partial charge is 0.467 e. The molecule has 158 valence electrons. The molecule has 30 heavy (non-hydrogen) atoms. The summed E-state index contributed by atoms with van der Waals surface area (Å²) in [6.45, 7) is 6.20. The van der Waals surface area contributed by atoms with E-state index in [0.29, 0.717) is 23.9 Å². The Labute approximate surface area is 179 Å². The zero-order valence-corrected chi connectivity index (χ0v) is 18.0.